The van der Waals surface area contributed by atoms with Crippen LogP contribution in [0.25, 0.3) is 16.6 Å². The number of nitrogens with one attached hydrogen (secondary N) is 1. The van der Waals surface area contributed by atoms with Gasteiger partial charge in [0.15, 0.2) is 5.82 Å². The fourth-order valence-electron chi connectivity index (χ4n) is 5.00. The molecular formula is C24H24N8O3. The summed E-state index contributed by atoms with van der Waals surface area (Å²) < 4.78 is 7.60. The van der Waals surface area contributed by atoms with Crippen molar-refractivity contribution in [3.8, 4) is 11.4 Å². The van der Waals surface area contributed by atoms with E-state index < -0.39 is 6.09 Å². The SMILES string of the molecule is CCOc1ccc2c(Nc3cnccn3)nn(-c3ccnc(N4C[C@@H]5C[C@H]4CN5C(=O)O)c3)c2c1. The van der Waals surface area contributed by atoms with Crippen molar-refractivity contribution in [3.63, 3.8) is 0 Å². The van der Waals surface area contributed by atoms with E-state index in [4.69, 9.17) is 9.84 Å². The standard InChI is InChI=1S/C24H24N8O3/c1-2-35-18-3-4-19-20(11-18)32(29-23(19)28-21-12-25-7-8-26-21)15-5-6-27-22(10-15)30-13-17-9-16(30)14-31(17)24(33)34/h3-8,10-12,16-17H,2,9,13-14H2,1H3,(H,33,34)(H,26,28,29)/t16-,17-/m0/s1. The van der Waals surface area contributed by atoms with Crippen molar-refractivity contribution in [2.24, 2.45) is 0 Å². The molecule has 2 aliphatic heterocycles. The van der Waals surface area contributed by atoms with Crippen LogP contribution in [0.2, 0.25) is 0 Å². The number of fused-ring (bicyclic) bond motifs is 3. The maximum Gasteiger partial charge on any atom is 0.407 e. The van der Waals surface area contributed by atoms with Gasteiger partial charge in [0, 0.05) is 49.2 Å². The molecular weight excluding hydrogens is 448 g/mol. The number of aromatic nitrogens is 5. The van der Waals surface area contributed by atoms with Crippen LogP contribution in [0.1, 0.15) is 13.3 Å². The van der Waals surface area contributed by atoms with E-state index in [2.05, 4.69) is 25.2 Å². The lowest BCUT2D eigenvalue weighted by atomic mass is 10.2. The highest BCUT2D eigenvalue weighted by Crippen LogP contribution is 2.35. The number of carbonyl (C=O) groups is 1. The Morgan fingerprint density at radius 3 is 2.80 bits per heavy atom. The molecule has 0 unspecified atom stereocenters. The van der Waals surface area contributed by atoms with Gasteiger partial charge >= 0.3 is 6.09 Å². The van der Waals surface area contributed by atoms with Crippen LogP contribution in [0.15, 0.2) is 55.1 Å². The molecule has 1 amide bonds. The Hall–Kier alpha value is -4.41. The predicted molar refractivity (Wildman–Crippen MR) is 130 cm³/mol. The first-order valence-corrected chi connectivity index (χ1v) is 11.5. The highest BCUT2D eigenvalue weighted by molar-refractivity contribution is 5.93. The molecule has 2 atom stereocenters. The first-order valence-electron chi connectivity index (χ1n) is 11.5. The zero-order valence-corrected chi connectivity index (χ0v) is 19.1. The second-order valence-electron chi connectivity index (χ2n) is 8.59. The number of piperazine rings is 1. The minimum Gasteiger partial charge on any atom is -0.494 e. The average molecular weight is 473 g/mol. The van der Waals surface area contributed by atoms with Crippen molar-refractivity contribution in [1.82, 2.24) is 29.6 Å². The largest absolute Gasteiger partial charge is 0.494 e. The molecule has 0 radical (unpaired) electrons. The Morgan fingerprint density at radius 1 is 1.14 bits per heavy atom. The second kappa shape index (κ2) is 8.42. The van der Waals surface area contributed by atoms with Crippen LogP contribution >= 0.6 is 0 Å². The van der Waals surface area contributed by atoms with Crippen molar-refractivity contribution in [1.29, 1.82) is 0 Å². The van der Waals surface area contributed by atoms with Crippen LogP contribution in [-0.2, 0) is 0 Å². The number of hydrogen-bond donors (Lipinski definition) is 2. The fourth-order valence-corrected chi connectivity index (χ4v) is 5.00. The molecule has 2 aliphatic rings. The van der Waals surface area contributed by atoms with E-state index in [1.54, 1.807) is 24.8 Å². The number of likely N-dealkylation sites (tertiary alicyclic amines) is 1. The van der Waals surface area contributed by atoms with Gasteiger partial charge in [-0.2, -0.15) is 0 Å². The zero-order valence-electron chi connectivity index (χ0n) is 19.1. The molecule has 2 fully saturated rings. The molecule has 4 aromatic rings. The van der Waals surface area contributed by atoms with E-state index in [9.17, 15) is 9.90 Å². The van der Waals surface area contributed by atoms with Crippen molar-refractivity contribution in [2.45, 2.75) is 25.4 Å². The minimum absolute atomic E-state index is 0.00465. The van der Waals surface area contributed by atoms with Crippen LogP contribution < -0.4 is 15.0 Å². The number of pyridine rings is 1. The number of amides is 1. The van der Waals surface area contributed by atoms with Crippen LogP contribution in [0.3, 0.4) is 0 Å². The number of rotatable bonds is 6. The van der Waals surface area contributed by atoms with Gasteiger partial charge in [-0.05, 0) is 31.5 Å². The first kappa shape index (κ1) is 21.1. The normalized spacial score (nSPS) is 18.9. The van der Waals surface area contributed by atoms with Gasteiger partial charge in [0.1, 0.15) is 17.4 Å². The molecule has 0 aliphatic carbocycles. The van der Waals surface area contributed by atoms with Gasteiger partial charge in [0.05, 0.1) is 36.1 Å². The van der Waals surface area contributed by atoms with Crippen molar-refractivity contribution >= 4 is 34.4 Å². The Morgan fingerprint density at radius 2 is 2.06 bits per heavy atom. The van der Waals surface area contributed by atoms with E-state index in [1.165, 1.54) is 4.90 Å². The topological polar surface area (TPSA) is 122 Å². The first-order chi connectivity index (χ1) is 17.1. The van der Waals surface area contributed by atoms with Crippen molar-refractivity contribution < 1.29 is 14.6 Å². The van der Waals surface area contributed by atoms with Gasteiger partial charge in [-0.25, -0.2) is 19.4 Å². The molecule has 11 nitrogen and oxygen atoms in total. The van der Waals surface area contributed by atoms with E-state index in [-0.39, 0.29) is 12.1 Å². The highest BCUT2D eigenvalue weighted by atomic mass is 16.5. The molecule has 11 heteroatoms. The quantitative estimate of drug-likeness (QED) is 0.435. The van der Waals surface area contributed by atoms with Gasteiger partial charge in [-0.1, -0.05) is 0 Å². The second-order valence-corrected chi connectivity index (χ2v) is 8.59. The van der Waals surface area contributed by atoms with Crippen LogP contribution in [0, 0.1) is 0 Å². The lowest BCUT2D eigenvalue weighted by Crippen LogP contribution is -2.48. The maximum absolute atomic E-state index is 11.5. The number of benzene rings is 1. The van der Waals surface area contributed by atoms with E-state index >= 15 is 0 Å². The Balaban J connectivity index is 1.38. The van der Waals surface area contributed by atoms with E-state index in [1.807, 2.05) is 41.9 Å². The van der Waals surface area contributed by atoms with E-state index in [0.29, 0.717) is 31.3 Å². The number of anilines is 3. The maximum atomic E-state index is 11.5. The van der Waals surface area contributed by atoms with E-state index in [0.717, 1.165) is 34.6 Å². The molecule has 0 spiro atoms. The molecule has 2 saturated heterocycles. The average Bonchev–Trinajstić information content (AvgIpc) is 3.58. The van der Waals surface area contributed by atoms with Gasteiger partial charge in [-0.15, -0.1) is 5.10 Å². The van der Waals surface area contributed by atoms with Crippen molar-refractivity contribution in [3.05, 3.63) is 55.1 Å². The smallest absolute Gasteiger partial charge is 0.407 e. The summed E-state index contributed by atoms with van der Waals surface area (Å²) in [4.78, 5) is 28.2. The molecule has 35 heavy (non-hydrogen) atoms. The third-order valence-electron chi connectivity index (χ3n) is 6.53. The Labute approximate surface area is 201 Å². The Kier molecular flexibility index (Phi) is 5.09. The fraction of sp³-hybridized carbons (Fsp3) is 0.292. The van der Waals surface area contributed by atoms with Gasteiger partial charge in [0.2, 0.25) is 0 Å². The summed E-state index contributed by atoms with van der Waals surface area (Å²) >= 11 is 0. The summed E-state index contributed by atoms with van der Waals surface area (Å²) in [6.45, 7) is 3.66. The van der Waals surface area contributed by atoms with Gasteiger partial charge in [0.25, 0.3) is 0 Å². The van der Waals surface area contributed by atoms with Crippen LogP contribution in [-0.4, -0.2) is 72.6 Å². The van der Waals surface area contributed by atoms with Crippen LogP contribution in [0.5, 0.6) is 5.75 Å². The lowest BCUT2D eigenvalue weighted by Gasteiger charge is -2.33. The van der Waals surface area contributed by atoms with Crippen LogP contribution in [0.4, 0.5) is 22.2 Å². The summed E-state index contributed by atoms with van der Waals surface area (Å²) in [5, 5.41) is 18.4. The van der Waals surface area contributed by atoms with Crippen molar-refractivity contribution in [2.75, 3.05) is 29.9 Å². The molecule has 0 saturated carbocycles. The molecule has 3 aromatic heterocycles. The number of carboxylic acid groups (broad SMARTS) is 1. The molecule has 2 N–H and O–H groups in total. The molecule has 6 rings (SSSR count). The summed E-state index contributed by atoms with van der Waals surface area (Å²) in [5.74, 6) is 2.82. The van der Waals surface area contributed by atoms with Gasteiger partial charge < -0.3 is 25.0 Å². The summed E-state index contributed by atoms with van der Waals surface area (Å²) in [6, 6.07) is 9.91. The Bertz CT molecular complexity index is 1390. The molecule has 1 aromatic carbocycles. The number of hydrogen-bond acceptors (Lipinski definition) is 8. The summed E-state index contributed by atoms with van der Waals surface area (Å²) in [6.07, 6.45) is 6.63. The minimum atomic E-state index is -0.852. The third kappa shape index (κ3) is 3.74. The highest BCUT2D eigenvalue weighted by Gasteiger charge is 2.45. The molecule has 178 valence electrons. The summed E-state index contributed by atoms with van der Waals surface area (Å²) in [7, 11) is 0. The monoisotopic (exact) mass is 472 g/mol. The lowest BCUT2D eigenvalue weighted by molar-refractivity contribution is 0.137. The summed E-state index contributed by atoms with van der Waals surface area (Å²) in [5.41, 5.74) is 1.72. The third-order valence-corrected chi connectivity index (χ3v) is 6.53. The van der Waals surface area contributed by atoms with Gasteiger partial charge in [-0.3, -0.25) is 4.98 Å². The molecule has 2 bridgehead atoms. The molecule has 5 heterocycles. The zero-order chi connectivity index (χ0) is 23.9. The predicted octanol–water partition coefficient (Wildman–Crippen LogP) is 3.29. The number of ether oxygens (including phenoxy) is 1. The number of nitrogens with zero attached hydrogens (tertiary/aromatic N) is 7.